The van der Waals surface area contributed by atoms with Crippen LogP contribution in [0.5, 0.6) is 5.75 Å². The number of alkyl halides is 1. The van der Waals surface area contributed by atoms with Gasteiger partial charge >= 0.3 is 0 Å². The first-order valence-electron chi connectivity index (χ1n) is 6.52. The smallest absolute Gasteiger partial charge is 0.212 e. The molecule has 20 heavy (non-hydrogen) atoms. The Labute approximate surface area is 124 Å². The summed E-state index contributed by atoms with van der Waals surface area (Å²) >= 11 is 5.97. The van der Waals surface area contributed by atoms with Crippen LogP contribution in [-0.2, 0) is 21.8 Å². The van der Waals surface area contributed by atoms with Gasteiger partial charge < -0.3 is 14.2 Å². The van der Waals surface area contributed by atoms with E-state index in [4.69, 9.17) is 25.8 Å². The highest BCUT2D eigenvalue weighted by atomic mass is 35.5. The van der Waals surface area contributed by atoms with E-state index in [0.29, 0.717) is 25.8 Å². The van der Waals surface area contributed by atoms with Gasteiger partial charge in [-0.15, -0.1) is 24.8 Å². The van der Waals surface area contributed by atoms with Crippen molar-refractivity contribution in [3.05, 3.63) is 42.5 Å². The van der Waals surface area contributed by atoms with Crippen LogP contribution >= 0.6 is 11.6 Å². The average molecular weight is 298 g/mol. The third-order valence-corrected chi connectivity index (χ3v) is 3.80. The van der Waals surface area contributed by atoms with Gasteiger partial charge in [-0.2, -0.15) is 0 Å². The van der Waals surface area contributed by atoms with Gasteiger partial charge in [-0.25, -0.2) is 0 Å². The number of ether oxygens (including phenoxy) is 3. The van der Waals surface area contributed by atoms with E-state index in [1.54, 1.807) is 7.11 Å². The van der Waals surface area contributed by atoms with Gasteiger partial charge in [-0.3, -0.25) is 4.90 Å². The average Bonchev–Trinajstić information content (AvgIpc) is 2.97. The van der Waals surface area contributed by atoms with Gasteiger partial charge in [0.15, 0.2) is 0 Å². The topological polar surface area (TPSA) is 30.9 Å². The van der Waals surface area contributed by atoms with Crippen molar-refractivity contribution in [3.8, 4) is 5.75 Å². The molecular formula is C15H20ClNO3. The highest BCUT2D eigenvalue weighted by Gasteiger charge is 2.46. The fourth-order valence-electron chi connectivity index (χ4n) is 2.76. The zero-order valence-electron chi connectivity index (χ0n) is 11.7. The number of fused-ring (bicyclic) bond motifs is 2. The summed E-state index contributed by atoms with van der Waals surface area (Å²) in [5.74, 6) is 0.110. The van der Waals surface area contributed by atoms with E-state index >= 15 is 0 Å². The lowest BCUT2D eigenvalue weighted by atomic mass is 9.93. The number of halogens is 1. The molecule has 5 heteroatoms. The molecule has 0 amide bonds. The van der Waals surface area contributed by atoms with Crippen molar-refractivity contribution in [2.45, 2.75) is 12.3 Å². The molecule has 3 rings (SSSR count). The molecular weight excluding hydrogens is 278 g/mol. The standard InChI is InChI=1S/C13H16ClNO3.C2H4/c1-16-11-4-2-3-10-7-15(9-14)8-13(12(10)11)17-5-6-18-13;1-2/h2-4H,5-9H2,1H3;1-2H2. The predicted molar refractivity (Wildman–Crippen MR) is 79.0 cm³/mol. The van der Waals surface area contributed by atoms with Crippen LogP contribution in [-0.4, -0.2) is 37.8 Å². The number of methoxy groups -OCH3 is 1. The van der Waals surface area contributed by atoms with Crippen molar-refractivity contribution in [1.29, 1.82) is 0 Å². The van der Waals surface area contributed by atoms with Gasteiger partial charge in [-0.05, 0) is 11.6 Å². The predicted octanol–water partition coefficient (Wildman–Crippen LogP) is 2.71. The molecule has 0 saturated carbocycles. The molecule has 110 valence electrons. The van der Waals surface area contributed by atoms with Gasteiger partial charge in [0.05, 0.1) is 38.4 Å². The first-order chi connectivity index (χ1) is 9.79. The summed E-state index contributed by atoms with van der Waals surface area (Å²) < 4.78 is 17.2. The van der Waals surface area contributed by atoms with Crippen LogP contribution in [0, 0.1) is 0 Å². The largest absolute Gasteiger partial charge is 0.496 e. The molecule has 1 fully saturated rings. The van der Waals surface area contributed by atoms with Gasteiger partial charge in [-0.1, -0.05) is 12.1 Å². The van der Waals surface area contributed by atoms with E-state index < -0.39 is 5.79 Å². The molecule has 2 aliphatic heterocycles. The summed E-state index contributed by atoms with van der Waals surface area (Å²) in [6.07, 6.45) is 0. The zero-order valence-corrected chi connectivity index (χ0v) is 12.5. The van der Waals surface area contributed by atoms with E-state index in [1.807, 2.05) is 12.1 Å². The van der Waals surface area contributed by atoms with Crippen molar-refractivity contribution >= 4 is 11.6 Å². The molecule has 1 aromatic rings. The summed E-state index contributed by atoms with van der Waals surface area (Å²) in [4.78, 5) is 2.11. The second-order valence-corrected chi connectivity index (χ2v) is 4.79. The van der Waals surface area contributed by atoms with E-state index in [-0.39, 0.29) is 0 Å². The Morgan fingerprint density at radius 1 is 1.35 bits per heavy atom. The molecule has 2 heterocycles. The Hall–Kier alpha value is -1.07. The molecule has 0 N–H and O–H groups in total. The van der Waals surface area contributed by atoms with Gasteiger partial charge in [0, 0.05) is 6.54 Å². The zero-order chi connectivity index (χ0) is 14.6. The van der Waals surface area contributed by atoms with Crippen LogP contribution in [0.15, 0.2) is 31.4 Å². The Kier molecular flexibility index (Phi) is 5.05. The normalized spacial score (nSPS) is 20.1. The van der Waals surface area contributed by atoms with Gasteiger partial charge in [0.25, 0.3) is 0 Å². The minimum absolute atomic E-state index is 0.463. The Morgan fingerprint density at radius 2 is 2.05 bits per heavy atom. The lowest BCUT2D eigenvalue weighted by Crippen LogP contribution is -2.46. The molecule has 0 aliphatic carbocycles. The number of rotatable bonds is 2. The minimum Gasteiger partial charge on any atom is -0.496 e. The van der Waals surface area contributed by atoms with Crippen LogP contribution in [0.25, 0.3) is 0 Å². The summed E-state index contributed by atoms with van der Waals surface area (Å²) in [5, 5.41) is 0. The van der Waals surface area contributed by atoms with Crippen LogP contribution < -0.4 is 4.74 Å². The number of benzene rings is 1. The van der Waals surface area contributed by atoms with E-state index in [1.165, 1.54) is 0 Å². The summed E-state index contributed by atoms with van der Waals surface area (Å²) in [5.41, 5.74) is 2.18. The van der Waals surface area contributed by atoms with E-state index in [0.717, 1.165) is 23.4 Å². The van der Waals surface area contributed by atoms with Crippen LogP contribution in [0.3, 0.4) is 0 Å². The molecule has 1 saturated heterocycles. The van der Waals surface area contributed by atoms with Crippen molar-refractivity contribution in [1.82, 2.24) is 4.90 Å². The Balaban J connectivity index is 0.000000704. The van der Waals surface area contributed by atoms with Crippen LogP contribution in [0.1, 0.15) is 11.1 Å². The Bertz CT molecular complexity index is 460. The monoisotopic (exact) mass is 297 g/mol. The molecule has 0 radical (unpaired) electrons. The first-order valence-corrected chi connectivity index (χ1v) is 7.05. The lowest BCUT2D eigenvalue weighted by molar-refractivity contribution is -0.186. The first kappa shape index (κ1) is 15.3. The SMILES string of the molecule is C=C.COc1cccc2c1C1(CN(CCl)C2)OCCO1. The molecule has 0 atom stereocenters. The quantitative estimate of drug-likeness (QED) is 0.477. The third-order valence-electron chi connectivity index (χ3n) is 3.46. The number of hydrogen-bond acceptors (Lipinski definition) is 4. The van der Waals surface area contributed by atoms with Crippen molar-refractivity contribution in [3.63, 3.8) is 0 Å². The van der Waals surface area contributed by atoms with E-state index in [9.17, 15) is 0 Å². The summed E-state index contributed by atoms with van der Waals surface area (Å²) in [6.45, 7) is 8.65. The van der Waals surface area contributed by atoms with Crippen molar-refractivity contribution in [2.75, 3.05) is 32.9 Å². The van der Waals surface area contributed by atoms with Crippen molar-refractivity contribution < 1.29 is 14.2 Å². The fourth-order valence-corrected chi connectivity index (χ4v) is 2.92. The summed E-state index contributed by atoms with van der Waals surface area (Å²) in [6, 6.07) is 6.47. The Morgan fingerprint density at radius 3 is 2.65 bits per heavy atom. The molecule has 2 aliphatic rings. The summed E-state index contributed by atoms with van der Waals surface area (Å²) in [7, 11) is 1.67. The van der Waals surface area contributed by atoms with Gasteiger partial charge in [0.2, 0.25) is 5.79 Å². The third kappa shape index (κ3) is 2.56. The molecule has 0 aromatic heterocycles. The van der Waals surface area contributed by atoms with Crippen LogP contribution in [0.4, 0.5) is 0 Å². The molecule has 4 nitrogen and oxygen atoms in total. The lowest BCUT2D eigenvalue weighted by Gasteiger charge is -2.39. The number of nitrogens with zero attached hydrogens (tertiary/aromatic N) is 1. The highest BCUT2D eigenvalue weighted by Crippen LogP contribution is 2.43. The maximum Gasteiger partial charge on any atom is 0.212 e. The van der Waals surface area contributed by atoms with Crippen LogP contribution in [0.2, 0.25) is 0 Å². The molecule has 1 aromatic carbocycles. The second kappa shape index (κ2) is 6.59. The second-order valence-electron chi connectivity index (χ2n) is 4.55. The van der Waals surface area contributed by atoms with E-state index in [2.05, 4.69) is 24.1 Å². The molecule has 0 bridgehead atoms. The molecule has 0 unspecified atom stereocenters. The van der Waals surface area contributed by atoms with Gasteiger partial charge in [0.1, 0.15) is 5.75 Å². The molecule has 1 spiro atoms. The maximum absolute atomic E-state index is 5.97. The highest BCUT2D eigenvalue weighted by molar-refractivity contribution is 6.17. The maximum atomic E-state index is 5.97. The minimum atomic E-state index is -0.713. The fraction of sp³-hybridized carbons (Fsp3) is 0.467. The van der Waals surface area contributed by atoms with Crippen molar-refractivity contribution in [2.24, 2.45) is 0 Å². The number of hydrogen-bond donors (Lipinski definition) is 0.